The highest BCUT2D eigenvalue weighted by atomic mass is 35.5. The molecule has 0 bridgehead atoms. The molecule has 0 unspecified atom stereocenters. The third-order valence-electron chi connectivity index (χ3n) is 2.73. The number of nitro benzene ring substituents is 1. The highest BCUT2D eigenvalue weighted by Crippen LogP contribution is 2.22. The maximum atomic E-state index is 10.6. The van der Waals surface area contributed by atoms with Crippen LogP contribution in [-0.2, 0) is 12.4 Å². The lowest BCUT2D eigenvalue weighted by Crippen LogP contribution is -2.03. The van der Waals surface area contributed by atoms with Crippen molar-refractivity contribution in [3.63, 3.8) is 0 Å². The van der Waals surface area contributed by atoms with Gasteiger partial charge in [-0.1, -0.05) is 6.92 Å². The molecule has 2 aromatic rings. The molecule has 1 heterocycles. The first-order valence-electron chi connectivity index (χ1n) is 5.90. The minimum absolute atomic E-state index is 0.0582. The highest BCUT2D eigenvalue weighted by Gasteiger charge is 2.13. The summed E-state index contributed by atoms with van der Waals surface area (Å²) in [7, 11) is 0. The maximum absolute atomic E-state index is 10.6. The van der Waals surface area contributed by atoms with Crippen LogP contribution in [0.1, 0.15) is 19.2 Å². The Labute approximate surface area is 115 Å². The van der Waals surface area contributed by atoms with Gasteiger partial charge in [0, 0.05) is 24.2 Å². The van der Waals surface area contributed by atoms with Crippen LogP contribution in [0.3, 0.4) is 0 Å². The summed E-state index contributed by atoms with van der Waals surface area (Å²) < 4.78 is 1.94. The van der Waals surface area contributed by atoms with Crippen molar-refractivity contribution < 1.29 is 4.92 Å². The van der Waals surface area contributed by atoms with Crippen LogP contribution in [0.2, 0.25) is 0 Å². The fourth-order valence-electron chi connectivity index (χ4n) is 1.84. The summed E-state index contributed by atoms with van der Waals surface area (Å²) in [6, 6.07) is 6.26. The van der Waals surface area contributed by atoms with Crippen molar-refractivity contribution in [2.75, 3.05) is 0 Å². The third kappa shape index (κ3) is 2.73. The van der Waals surface area contributed by atoms with Gasteiger partial charge in [0.15, 0.2) is 5.82 Å². The molecule has 2 rings (SSSR count). The lowest BCUT2D eigenvalue weighted by Gasteiger charge is -2.07. The van der Waals surface area contributed by atoms with E-state index in [1.165, 1.54) is 12.1 Å². The van der Waals surface area contributed by atoms with E-state index in [9.17, 15) is 10.1 Å². The van der Waals surface area contributed by atoms with E-state index in [4.69, 9.17) is 11.6 Å². The molecule has 0 aliphatic carbocycles. The SMILES string of the molecule is CCCn1c(CCl)nnc1-c1ccc([N+](=O)[O-])cc1. The van der Waals surface area contributed by atoms with Crippen molar-refractivity contribution in [1.29, 1.82) is 0 Å². The average Bonchev–Trinajstić information content (AvgIpc) is 2.82. The third-order valence-corrected chi connectivity index (χ3v) is 2.97. The van der Waals surface area contributed by atoms with Crippen molar-refractivity contribution in [3.8, 4) is 11.4 Å². The Morgan fingerprint density at radius 2 is 2.00 bits per heavy atom. The van der Waals surface area contributed by atoms with E-state index in [1.54, 1.807) is 12.1 Å². The molecule has 1 aromatic heterocycles. The Hall–Kier alpha value is -1.95. The van der Waals surface area contributed by atoms with Gasteiger partial charge in [-0.25, -0.2) is 0 Å². The van der Waals surface area contributed by atoms with E-state index < -0.39 is 4.92 Å². The first-order valence-corrected chi connectivity index (χ1v) is 6.43. The van der Waals surface area contributed by atoms with Crippen LogP contribution < -0.4 is 0 Å². The number of nitrogens with zero attached hydrogens (tertiary/aromatic N) is 4. The number of rotatable bonds is 5. The van der Waals surface area contributed by atoms with Gasteiger partial charge in [0.25, 0.3) is 5.69 Å². The molecule has 7 heteroatoms. The second kappa shape index (κ2) is 5.79. The molecule has 0 atom stereocenters. The molecule has 0 N–H and O–H groups in total. The standard InChI is InChI=1S/C12H13ClN4O2/c1-2-7-16-11(8-13)14-15-12(16)9-3-5-10(6-4-9)17(18)19/h3-6H,2,7-8H2,1H3. The van der Waals surface area contributed by atoms with Crippen LogP contribution in [0.25, 0.3) is 11.4 Å². The molecule has 1 aromatic carbocycles. The van der Waals surface area contributed by atoms with Gasteiger partial charge in [-0.05, 0) is 18.6 Å². The summed E-state index contributed by atoms with van der Waals surface area (Å²) in [5, 5.41) is 18.8. The summed E-state index contributed by atoms with van der Waals surface area (Å²) in [6.07, 6.45) is 0.932. The number of non-ortho nitro benzene ring substituents is 1. The summed E-state index contributed by atoms with van der Waals surface area (Å²) >= 11 is 5.82. The smallest absolute Gasteiger partial charge is 0.269 e. The maximum Gasteiger partial charge on any atom is 0.269 e. The molecular formula is C12H13ClN4O2. The predicted molar refractivity (Wildman–Crippen MR) is 72.0 cm³/mol. The van der Waals surface area contributed by atoms with Gasteiger partial charge in [-0.15, -0.1) is 21.8 Å². The van der Waals surface area contributed by atoms with Crippen LogP contribution in [-0.4, -0.2) is 19.7 Å². The van der Waals surface area contributed by atoms with Gasteiger partial charge >= 0.3 is 0 Å². The minimum atomic E-state index is -0.426. The summed E-state index contributed by atoms with van der Waals surface area (Å²) in [5.74, 6) is 1.68. The Morgan fingerprint density at radius 3 is 2.53 bits per heavy atom. The topological polar surface area (TPSA) is 73.8 Å². The molecular weight excluding hydrogens is 268 g/mol. The molecule has 0 aliphatic heterocycles. The summed E-state index contributed by atoms with van der Waals surface area (Å²) in [5.41, 5.74) is 0.853. The van der Waals surface area contributed by atoms with E-state index in [0.29, 0.717) is 17.5 Å². The van der Waals surface area contributed by atoms with Crippen LogP contribution in [0.5, 0.6) is 0 Å². The zero-order chi connectivity index (χ0) is 13.8. The van der Waals surface area contributed by atoms with Gasteiger partial charge < -0.3 is 4.57 Å². The second-order valence-corrected chi connectivity index (χ2v) is 4.30. The lowest BCUT2D eigenvalue weighted by atomic mass is 10.2. The summed E-state index contributed by atoms with van der Waals surface area (Å²) in [6.45, 7) is 2.82. The van der Waals surface area contributed by atoms with Gasteiger partial charge in [0.2, 0.25) is 0 Å². The molecule has 100 valence electrons. The molecule has 0 fully saturated rings. The van der Waals surface area contributed by atoms with Gasteiger partial charge in [-0.2, -0.15) is 0 Å². The molecule has 0 saturated carbocycles. The summed E-state index contributed by atoms with van der Waals surface area (Å²) in [4.78, 5) is 10.2. The predicted octanol–water partition coefficient (Wildman–Crippen LogP) is 3.00. The number of nitro groups is 1. The normalized spacial score (nSPS) is 10.6. The van der Waals surface area contributed by atoms with Gasteiger partial charge in [0.05, 0.1) is 10.8 Å². The molecule has 0 amide bonds. The average molecular weight is 281 g/mol. The van der Waals surface area contributed by atoms with Crippen LogP contribution in [0, 0.1) is 10.1 Å². The molecule has 19 heavy (non-hydrogen) atoms. The van der Waals surface area contributed by atoms with Crippen molar-refractivity contribution in [2.45, 2.75) is 25.8 Å². The number of benzene rings is 1. The Kier molecular flexibility index (Phi) is 4.11. The van der Waals surface area contributed by atoms with E-state index in [0.717, 1.165) is 18.5 Å². The number of halogens is 1. The second-order valence-electron chi connectivity index (χ2n) is 4.03. The lowest BCUT2D eigenvalue weighted by molar-refractivity contribution is -0.384. The van der Waals surface area contributed by atoms with Crippen molar-refractivity contribution in [2.24, 2.45) is 0 Å². The van der Waals surface area contributed by atoms with Crippen molar-refractivity contribution >= 4 is 17.3 Å². The fourth-order valence-corrected chi connectivity index (χ4v) is 2.04. The molecule has 0 saturated heterocycles. The van der Waals surface area contributed by atoms with Gasteiger partial charge in [0.1, 0.15) is 5.82 Å². The number of hydrogen-bond donors (Lipinski definition) is 0. The number of alkyl halides is 1. The van der Waals surface area contributed by atoms with Crippen LogP contribution in [0.4, 0.5) is 5.69 Å². The monoisotopic (exact) mass is 280 g/mol. The first kappa shape index (κ1) is 13.5. The fraction of sp³-hybridized carbons (Fsp3) is 0.333. The van der Waals surface area contributed by atoms with Crippen LogP contribution in [0.15, 0.2) is 24.3 Å². The largest absolute Gasteiger partial charge is 0.310 e. The zero-order valence-corrected chi connectivity index (χ0v) is 11.2. The Morgan fingerprint density at radius 1 is 1.32 bits per heavy atom. The molecule has 0 spiro atoms. The quantitative estimate of drug-likeness (QED) is 0.479. The van der Waals surface area contributed by atoms with E-state index in [2.05, 4.69) is 17.1 Å². The Balaban J connectivity index is 2.40. The van der Waals surface area contributed by atoms with Gasteiger partial charge in [-0.3, -0.25) is 10.1 Å². The molecule has 0 aliphatic rings. The van der Waals surface area contributed by atoms with E-state index in [1.807, 2.05) is 4.57 Å². The zero-order valence-electron chi connectivity index (χ0n) is 10.4. The van der Waals surface area contributed by atoms with Crippen LogP contribution >= 0.6 is 11.6 Å². The van der Waals surface area contributed by atoms with E-state index in [-0.39, 0.29) is 5.69 Å². The van der Waals surface area contributed by atoms with E-state index >= 15 is 0 Å². The number of hydrogen-bond acceptors (Lipinski definition) is 4. The first-order chi connectivity index (χ1) is 9.17. The minimum Gasteiger partial charge on any atom is -0.310 e. The number of aromatic nitrogens is 3. The highest BCUT2D eigenvalue weighted by molar-refractivity contribution is 6.16. The van der Waals surface area contributed by atoms with Crippen molar-refractivity contribution in [1.82, 2.24) is 14.8 Å². The Bertz CT molecular complexity index is 580. The molecule has 0 radical (unpaired) electrons. The van der Waals surface area contributed by atoms with Crippen molar-refractivity contribution in [3.05, 3.63) is 40.2 Å². The molecule has 6 nitrogen and oxygen atoms in total.